The molecule has 2 heterocycles. The summed E-state index contributed by atoms with van der Waals surface area (Å²) < 4.78 is 0. The van der Waals surface area contributed by atoms with Gasteiger partial charge in [0.1, 0.15) is 0 Å². The van der Waals surface area contributed by atoms with Gasteiger partial charge in [-0.15, -0.1) is 0 Å². The van der Waals surface area contributed by atoms with Gasteiger partial charge in [-0.2, -0.15) is 0 Å². The normalized spacial score (nSPS) is 25.3. The van der Waals surface area contributed by atoms with E-state index in [1.54, 1.807) is 0 Å². The number of nitrogens with one attached hydrogen (secondary N) is 1. The Hall–Kier alpha value is -0.160. The van der Waals surface area contributed by atoms with Gasteiger partial charge < -0.3 is 20.0 Å². The highest BCUT2D eigenvalue weighted by molar-refractivity contribution is 4.79. The van der Waals surface area contributed by atoms with Crippen LogP contribution in [0.25, 0.3) is 0 Å². The van der Waals surface area contributed by atoms with E-state index in [-0.39, 0.29) is 0 Å². The van der Waals surface area contributed by atoms with E-state index in [4.69, 9.17) is 0 Å². The number of rotatable bonds is 7. The molecule has 0 bridgehead atoms. The monoisotopic (exact) mass is 296 g/mol. The zero-order chi connectivity index (χ0) is 15.1. The summed E-state index contributed by atoms with van der Waals surface area (Å²) in [7, 11) is 2.23. The average Bonchev–Trinajstić information content (AvgIpc) is 2.53. The lowest BCUT2D eigenvalue weighted by Gasteiger charge is -2.35. The van der Waals surface area contributed by atoms with Gasteiger partial charge in [-0.05, 0) is 71.9 Å². The number of hydrogen-bond donors (Lipinski definition) is 1. The minimum Gasteiger partial charge on any atom is -0.314 e. The molecule has 0 aliphatic carbocycles. The van der Waals surface area contributed by atoms with Crippen molar-refractivity contribution in [1.29, 1.82) is 0 Å². The first-order valence-electron chi connectivity index (χ1n) is 9.05. The van der Waals surface area contributed by atoms with Gasteiger partial charge in [0.15, 0.2) is 0 Å². The van der Waals surface area contributed by atoms with Crippen molar-refractivity contribution in [3.05, 3.63) is 0 Å². The Balaban J connectivity index is 1.52. The predicted molar refractivity (Wildman–Crippen MR) is 90.9 cm³/mol. The van der Waals surface area contributed by atoms with Crippen LogP contribution in [0.2, 0.25) is 0 Å². The lowest BCUT2D eigenvalue weighted by Crippen LogP contribution is -2.45. The number of nitrogens with zero attached hydrogens (tertiary/aromatic N) is 3. The van der Waals surface area contributed by atoms with Crippen LogP contribution in [0.3, 0.4) is 0 Å². The largest absolute Gasteiger partial charge is 0.314 e. The molecule has 0 aromatic carbocycles. The molecule has 2 aliphatic heterocycles. The van der Waals surface area contributed by atoms with E-state index in [0.29, 0.717) is 6.04 Å². The molecular formula is C17H36N4. The van der Waals surface area contributed by atoms with Gasteiger partial charge in [-0.25, -0.2) is 0 Å². The molecule has 2 aliphatic rings. The molecule has 0 radical (unpaired) electrons. The first kappa shape index (κ1) is 17.2. The summed E-state index contributed by atoms with van der Waals surface area (Å²) in [5.74, 6) is 0.886. The molecule has 0 spiro atoms. The molecule has 0 aromatic rings. The van der Waals surface area contributed by atoms with E-state index < -0.39 is 0 Å². The summed E-state index contributed by atoms with van der Waals surface area (Å²) in [6.45, 7) is 15.9. The van der Waals surface area contributed by atoms with Crippen LogP contribution in [-0.2, 0) is 0 Å². The molecule has 124 valence electrons. The molecule has 2 rings (SSSR count). The second kappa shape index (κ2) is 9.09. The van der Waals surface area contributed by atoms with Gasteiger partial charge >= 0.3 is 0 Å². The van der Waals surface area contributed by atoms with Crippen molar-refractivity contribution in [2.75, 3.05) is 66.0 Å². The highest BCUT2D eigenvalue weighted by Gasteiger charge is 2.22. The molecule has 0 saturated carbocycles. The fourth-order valence-corrected chi connectivity index (χ4v) is 3.64. The van der Waals surface area contributed by atoms with Crippen molar-refractivity contribution in [1.82, 2.24) is 20.0 Å². The Labute approximate surface area is 131 Å². The van der Waals surface area contributed by atoms with Crippen molar-refractivity contribution in [3.8, 4) is 0 Å². The van der Waals surface area contributed by atoms with E-state index in [2.05, 4.69) is 40.9 Å². The minimum atomic E-state index is 0.691. The smallest absolute Gasteiger partial charge is 0.0110 e. The molecule has 4 nitrogen and oxygen atoms in total. The molecule has 21 heavy (non-hydrogen) atoms. The number of hydrogen-bond acceptors (Lipinski definition) is 4. The van der Waals surface area contributed by atoms with Gasteiger partial charge in [-0.3, -0.25) is 0 Å². The highest BCUT2D eigenvalue weighted by Crippen LogP contribution is 2.20. The fraction of sp³-hybridized carbons (Fsp3) is 1.00. The SMILES string of the molecule is CCN1CCC(C(C)NCCCN2CCN(C)CC2)CC1. The summed E-state index contributed by atoms with van der Waals surface area (Å²) >= 11 is 0. The van der Waals surface area contributed by atoms with Crippen molar-refractivity contribution in [3.63, 3.8) is 0 Å². The summed E-state index contributed by atoms with van der Waals surface area (Å²) in [5, 5.41) is 3.78. The Morgan fingerprint density at radius 3 is 2.29 bits per heavy atom. The maximum Gasteiger partial charge on any atom is 0.0110 e. The molecular weight excluding hydrogens is 260 g/mol. The molecule has 4 heteroatoms. The van der Waals surface area contributed by atoms with Crippen molar-refractivity contribution >= 4 is 0 Å². The van der Waals surface area contributed by atoms with Gasteiger partial charge in [0.2, 0.25) is 0 Å². The lowest BCUT2D eigenvalue weighted by molar-refractivity contribution is 0.149. The van der Waals surface area contributed by atoms with Crippen LogP contribution in [0.5, 0.6) is 0 Å². The summed E-state index contributed by atoms with van der Waals surface area (Å²) in [4.78, 5) is 7.63. The summed E-state index contributed by atoms with van der Waals surface area (Å²) in [6.07, 6.45) is 4.04. The standard InChI is InChI=1S/C17H36N4/c1-4-20-10-6-17(7-11-20)16(2)18-8-5-9-21-14-12-19(3)13-15-21/h16-18H,4-15H2,1-3H3. The maximum atomic E-state index is 3.78. The number of likely N-dealkylation sites (N-methyl/N-ethyl adjacent to an activating group) is 1. The highest BCUT2D eigenvalue weighted by atomic mass is 15.2. The van der Waals surface area contributed by atoms with Crippen molar-refractivity contribution in [2.24, 2.45) is 5.92 Å². The molecule has 0 amide bonds. The third kappa shape index (κ3) is 5.85. The van der Waals surface area contributed by atoms with E-state index >= 15 is 0 Å². The second-order valence-electron chi connectivity index (χ2n) is 7.01. The zero-order valence-electron chi connectivity index (χ0n) is 14.5. The van der Waals surface area contributed by atoms with E-state index in [1.165, 1.54) is 78.2 Å². The Morgan fingerprint density at radius 1 is 1.00 bits per heavy atom. The topological polar surface area (TPSA) is 21.8 Å². The van der Waals surface area contributed by atoms with Crippen LogP contribution >= 0.6 is 0 Å². The van der Waals surface area contributed by atoms with E-state index in [0.717, 1.165) is 5.92 Å². The first-order chi connectivity index (χ1) is 10.2. The predicted octanol–water partition coefficient (Wildman–Crippen LogP) is 1.33. The van der Waals surface area contributed by atoms with Gasteiger partial charge in [0, 0.05) is 32.2 Å². The quantitative estimate of drug-likeness (QED) is 0.716. The third-order valence-electron chi connectivity index (χ3n) is 5.50. The van der Waals surface area contributed by atoms with Crippen molar-refractivity contribution in [2.45, 2.75) is 39.2 Å². The molecule has 2 fully saturated rings. The van der Waals surface area contributed by atoms with Crippen LogP contribution in [0.15, 0.2) is 0 Å². The Bertz CT molecular complexity index is 268. The summed E-state index contributed by atoms with van der Waals surface area (Å²) in [5.41, 5.74) is 0. The summed E-state index contributed by atoms with van der Waals surface area (Å²) in [6, 6.07) is 0.691. The van der Waals surface area contributed by atoms with E-state index in [1.807, 2.05) is 0 Å². The van der Waals surface area contributed by atoms with Gasteiger partial charge in [0.25, 0.3) is 0 Å². The zero-order valence-corrected chi connectivity index (χ0v) is 14.5. The molecule has 1 unspecified atom stereocenters. The van der Waals surface area contributed by atoms with Crippen LogP contribution in [-0.4, -0.2) is 86.7 Å². The number of piperazine rings is 1. The Morgan fingerprint density at radius 2 is 1.67 bits per heavy atom. The second-order valence-corrected chi connectivity index (χ2v) is 7.01. The maximum absolute atomic E-state index is 3.78. The molecule has 1 atom stereocenters. The van der Waals surface area contributed by atoms with Crippen LogP contribution in [0, 0.1) is 5.92 Å². The minimum absolute atomic E-state index is 0.691. The fourth-order valence-electron chi connectivity index (χ4n) is 3.64. The van der Waals surface area contributed by atoms with Crippen molar-refractivity contribution < 1.29 is 0 Å². The van der Waals surface area contributed by atoms with Crippen LogP contribution in [0.1, 0.15) is 33.1 Å². The van der Waals surface area contributed by atoms with Crippen LogP contribution in [0.4, 0.5) is 0 Å². The van der Waals surface area contributed by atoms with Gasteiger partial charge in [-0.1, -0.05) is 6.92 Å². The molecule has 2 saturated heterocycles. The number of likely N-dealkylation sites (tertiary alicyclic amines) is 1. The number of piperidine rings is 1. The first-order valence-corrected chi connectivity index (χ1v) is 9.05. The van der Waals surface area contributed by atoms with E-state index in [9.17, 15) is 0 Å². The van der Waals surface area contributed by atoms with Gasteiger partial charge in [0.05, 0.1) is 0 Å². The molecule has 1 N–H and O–H groups in total. The molecule has 0 aromatic heterocycles. The lowest BCUT2D eigenvalue weighted by atomic mass is 9.90. The average molecular weight is 297 g/mol. The van der Waals surface area contributed by atoms with Crippen LogP contribution < -0.4 is 5.32 Å². The Kier molecular flexibility index (Phi) is 7.44. The third-order valence-corrected chi connectivity index (χ3v) is 5.50.